The van der Waals surface area contributed by atoms with Crippen LogP contribution in [-0.2, 0) is 0 Å². The Morgan fingerprint density at radius 2 is 1.80 bits per heavy atom. The molecule has 0 amide bonds. The van der Waals surface area contributed by atoms with Gasteiger partial charge in [0.2, 0.25) is 0 Å². The van der Waals surface area contributed by atoms with E-state index in [4.69, 9.17) is 0 Å². The van der Waals surface area contributed by atoms with Crippen molar-refractivity contribution < 1.29 is 0 Å². The van der Waals surface area contributed by atoms with Crippen LogP contribution in [0.5, 0.6) is 0 Å². The van der Waals surface area contributed by atoms with Crippen LogP contribution in [0.3, 0.4) is 0 Å². The molecule has 2 atom stereocenters. The number of hydrogen-bond acceptors (Lipinski definition) is 1. The lowest BCUT2D eigenvalue weighted by atomic mass is 9.99. The zero-order valence-electron chi connectivity index (χ0n) is 10.3. The summed E-state index contributed by atoms with van der Waals surface area (Å²) in [6, 6.07) is 0.858. The van der Waals surface area contributed by atoms with Gasteiger partial charge in [0, 0.05) is 6.04 Å². The maximum Gasteiger partial charge on any atom is 0.00952 e. The molecule has 2 saturated carbocycles. The molecular weight excluding hydrogens is 182 g/mol. The van der Waals surface area contributed by atoms with Crippen molar-refractivity contribution in [2.45, 2.75) is 70.8 Å². The first-order valence-corrected chi connectivity index (χ1v) is 7.13. The highest BCUT2D eigenvalue weighted by molar-refractivity contribution is 4.82. The predicted molar refractivity (Wildman–Crippen MR) is 66.0 cm³/mol. The van der Waals surface area contributed by atoms with Crippen LogP contribution in [-0.4, -0.2) is 12.6 Å². The molecule has 2 fully saturated rings. The summed E-state index contributed by atoms with van der Waals surface area (Å²) in [7, 11) is 0. The van der Waals surface area contributed by atoms with E-state index >= 15 is 0 Å². The van der Waals surface area contributed by atoms with Crippen molar-refractivity contribution in [3.63, 3.8) is 0 Å². The van der Waals surface area contributed by atoms with E-state index in [2.05, 4.69) is 12.2 Å². The standard InChI is InChI=1S/C14H27N/c1-2-13-8-5-9-14(13)15-11-10-12-6-3-4-7-12/h12-15H,2-11H2,1H3. The van der Waals surface area contributed by atoms with Crippen LogP contribution in [0.15, 0.2) is 0 Å². The van der Waals surface area contributed by atoms with Crippen molar-refractivity contribution >= 4 is 0 Å². The molecule has 1 nitrogen and oxygen atoms in total. The van der Waals surface area contributed by atoms with Crippen LogP contribution in [0.25, 0.3) is 0 Å². The van der Waals surface area contributed by atoms with Crippen LogP contribution in [0.1, 0.15) is 64.7 Å². The average Bonchev–Trinajstić information content (AvgIpc) is 2.88. The van der Waals surface area contributed by atoms with Gasteiger partial charge in [-0.05, 0) is 37.6 Å². The van der Waals surface area contributed by atoms with E-state index in [9.17, 15) is 0 Å². The minimum atomic E-state index is 0.858. The van der Waals surface area contributed by atoms with Gasteiger partial charge in [-0.15, -0.1) is 0 Å². The van der Waals surface area contributed by atoms with Crippen LogP contribution >= 0.6 is 0 Å². The highest BCUT2D eigenvalue weighted by atomic mass is 14.9. The van der Waals surface area contributed by atoms with E-state index in [0.29, 0.717) is 0 Å². The maximum atomic E-state index is 3.81. The van der Waals surface area contributed by atoms with Crippen molar-refractivity contribution in [1.82, 2.24) is 5.32 Å². The van der Waals surface area contributed by atoms with Gasteiger partial charge in [0.25, 0.3) is 0 Å². The molecule has 0 aromatic heterocycles. The summed E-state index contributed by atoms with van der Waals surface area (Å²) in [5, 5.41) is 3.81. The van der Waals surface area contributed by atoms with Crippen molar-refractivity contribution in [1.29, 1.82) is 0 Å². The molecule has 0 heterocycles. The molecular formula is C14H27N. The SMILES string of the molecule is CCC1CCCC1NCCC1CCCC1. The molecule has 88 valence electrons. The Labute approximate surface area is 95.0 Å². The normalized spacial score (nSPS) is 32.6. The maximum absolute atomic E-state index is 3.81. The summed E-state index contributed by atoms with van der Waals surface area (Å²) in [5.74, 6) is 2.03. The van der Waals surface area contributed by atoms with Gasteiger partial charge >= 0.3 is 0 Å². The van der Waals surface area contributed by atoms with E-state index in [1.807, 2.05) is 0 Å². The lowest BCUT2D eigenvalue weighted by Crippen LogP contribution is -2.33. The van der Waals surface area contributed by atoms with Gasteiger partial charge < -0.3 is 5.32 Å². The Hall–Kier alpha value is -0.0400. The highest BCUT2D eigenvalue weighted by Crippen LogP contribution is 2.29. The van der Waals surface area contributed by atoms with Crippen LogP contribution in [0.4, 0.5) is 0 Å². The summed E-state index contributed by atoms with van der Waals surface area (Å²) in [5.41, 5.74) is 0. The van der Waals surface area contributed by atoms with Crippen molar-refractivity contribution in [3.05, 3.63) is 0 Å². The Balaban J connectivity index is 1.60. The Bertz CT molecular complexity index is 172. The topological polar surface area (TPSA) is 12.0 Å². The van der Waals surface area contributed by atoms with Gasteiger partial charge in [-0.2, -0.15) is 0 Å². The fourth-order valence-electron chi connectivity index (χ4n) is 3.57. The molecule has 0 aliphatic heterocycles. The Kier molecular flexibility index (Phi) is 4.49. The molecule has 2 aliphatic carbocycles. The molecule has 0 bridgehead atoms. The van der Waals surface area contributed by atoms with Crippen molar-refractivity contribution in [3.8, 4) is 0 Å². The van der Waals surface area contributed by atoms with Gasteiger partial charge in [-0.1, -0.05) is 45.4 Å². The number of nitrogens with one attached hydrogen (secondary N) is 1. The molecule has 0 spiro atoms. The average molecular weight is 209 g/mol. The van der Waals surface area contributed by atoms with Crippen LogP contribution in [0, 0.1) is 11.8 Å². The molecule has 2 unspecified atom stereocenters. The first kappa shape index (κ1) is 11.4. The minimum Gasteiger partial charge on any atom is -0.314 e. The Morgan fingerprint density at radius 1 is 1.00 bits per heavy atom. The quantitative estimate of drug-likeness (QED) is 0.727. The van der Waals surface area contributed by atoms with E-state index < -0.39 is 0 Å². The summed E-state index contributed by atoms with van der Waals surface area (Å²) in [4.78, 5) is 0. The van der Waals surface area contributed by atoms with Crippen molar-refractivity contribution in [2.24, 2.45) is 11.8 Å². The number of rotatable bonds is 5. The largest absolute Gasteiger partial charge is 0.314 e. The van der Waals surface area contributed by atoms with Gasteiger partial charge in [-0.25, -0.2) is 0 Å². The first-order chi connectivity index (χ1) is 7.40. The zero-order valence-corrected chi connectivity index (χ0v) is 10.3. The lowest BCUT2D eigenvalue weighted by molar-refractivity contribution is 0.370. The zero-order chi connectivity index (χ0) is 10.5. The van der Waals surface area contributed by atoms with Gasteiger partial charge in [0.05, 0.1) is 0 Å². The van der Waals surface area contributed by atoms with Gasteiger partial charge in [0.15, 0.2) is 0 Å². The smallest absolute Gasteiger partial charge is 0.00952 e. The first-order valence-electron chi connectivity index (χ1n) is 7.13. The third kappa shape index (κ3) is 3.21. The summed E-state index contributed by atoms with van der Waals surface area (Å²) >= 11 is 0. The predicted octanol–water partition coefficient (Wildman–Crippen LogP) is 3.74. The van der Waals surface area contributed by atoms with E-state index in [1.54, 1.807) is 0 Å². The fraction of sp³-hybridized carbons (Fsp3) is 1.00. The summed E-state index contributed by atoms with van der Waals surface area (Å²) in [6.45, 7) is 3.63. The molecule has 0 saturated heterocycles. The second-order valence-corrected chi connectivity index (χ2v) is 5.60. The second kappa shape index (κ2) is 5.89. The van der Waals surface area contributed by atoms with Crippen LogP contribution < -0.4 is 5.32 Å². The molecule has 0 aromatic carbocycles. The highest BCUT2D eigenvalue weighted by Gasteiger charge is 2.25. The third-order valence-corrected chi connectivity index (χ3v) is 4.62. The molecule has 0 aromatic rings. The van der Waals surface area contributed by atoms with Gasteiger partial charge in [-0.3, -0.25) is 0 Å². The van der Waals surface area contributed by atoms with Crippen LogP contribution in [0.2, 0.25) is 0 Å². The molecule has 0 radical (unpaired) electrons. The molecule has 15 heavy (non-hydrogen) atoms. The lowest BCUT2D eigenvalue weighted by Gasteiger charge is -2.20. The van der Waals surface area contributed by atoms with E-state index in [1.165, 1.54) is 64.3 Å². The summed E-state index contributed by atoms with van der Waals surface area (Å²) < 4.78 is 0. The summed E-state index contributed by atoms with van der Waals surface area (Å²) in [6.07, 6.45) is 13.2. The van der Waals surface area contributed by atoms with E-state index in [-0.39, 0.29) is 0 Å². The fourth-order valence-corrected chi connectivity index (χ4v) is 3.57. The molecule has 1 heteroatoms. The Morgan fingerprint density at radius 3 is 2.53 bits per heavy atom. The molecule has 2 rings (SSSR count). The van der Waals surface area contributed by atoms with Gasteiger partial charge in [0.1, 0.15) is 0 Å². The number of hydrogen-bond donors (Lipinski definition) is 1. The second-order valence-electron chi connectivity index (χ2n) is 5.60. The van der Waals surface area contributed by atoms with Crippen molar-refractivity contribution in [2.75, 3.05) is 6.54 Å². The molecule has 1 N–H and O–H groups in total. The monoisotopic (exact) mass is 209 g/mol. The molecule has 2 aliphatic rings. The minimum absolute atomic E-state index is 0.858. The van der Waals surface area contributed by atoms with E-state index in [0.717, 1.165) is 17.9 Å². The third-order valence-electron chi connectivity index (χ3n) is 4.62.